The van der Waals surface area contributed by atoms with Crippen molar-refractivity contribution in [3.63, 3.8) is 0 Å². The number of rotatable bonds is 7. The molecule has 2 rings (SSSR count). The molecule has 0 unspecified atom stereocenters. The summed E-state index contributed by atoms with van der Waals surface area (Å²) in [5.41, 5.74) is 1.72. The lowest BCUT2D eigenvalue weighted by Crippen LogP contribution is -2.28. The second-order valence-electron chi connectivity index (χ2n) is 5.61. The van der Waals surface area contributed by atoms with Crippen LogP contribution in [0.1, 0.15) is 24.5 Å². The minimum Gasteiger partial charge on any atom is -0.300 e. The molecule has 0 aliphatic carbocycles. The van der Waals surface area contributed by atoms with Crippen molar-refractivity contribution in [2.45, 2.75) is 25.2 Å². The van der Waals surface area contributed by atoms with E-state index in [-0.39, 0.29) is 23.6 Å². The highest BCUT2D eigenvalue weighted by Crippen LogP contribution is 2.17. The number of sulfonamides is 1. The molecule has 0 amide bonds. The summed E-state index contributed by atoms with van der Waals surface area (Å²) in [6.07, 6.45) is 1.57. The number of hydrogen-bond acceptors (Lipinski definition) is 4. The molecule has 25 heavy (non-hydrogen) atoms. The van der Waals surface area contributed by atoms with E-state index < -0.39 is 10.0 Å². The predicted molar refractivity (Wildman–Crippen MR) is 102 cm³/mol. The van der Waals surface area contributed by atoms with Gasteiger partial charge >= 0.3 is 0 Å². The number of carbonyl (C=O) groups excluding carboxylic acids is 1. The van der Waals surface area contributed by atoms with Crippen LogP contribution in [0.25, 0.3) is 0 Å². The van der Waals surface area contributed by atoms with Crippen LogP contribution < -0.4 is 0 Å². The fourth-order valence-corrected chi connectivity index (χ4v) is 3.50. The standard InChI is InChI=1S/C18H19BrN2O3S/c1-14-3-9-18(10-4-14)25(23,24)21(12-11-15(2)22)20-13-16-5-7-17(19)8-6-16/h3-10,13H,11-12H2,1-2H3/b20-13+. The van der Waals surface area contributed by atoms with Gasteiger partial charge in [-0.15, -0.1) is 0 Å². The predicted octanol–water partition coefficient (Wildman–Crippen LogP) is 3.76. The van der Waals surface area contributed by atoms with Gasteiger partial charge in [-0.05, 0) is 43.7 Å². The molecule has 0 fully saturated rings. The molecule has 0 radical (unpaired) electrons. The molecule has 0 atom stereocenters. The lowest BCUT2D eigenvalue weighted by Gasteiger charge is -2.18. The first-order valence-corrected chi connectivity index (χ1v) is 9.91. The highest BCUT2D eigenvalue weighted by molar-refractivity contribution is 9.10. The molecule has 2 aromatic carbocycles. The second kappa shape index (κ2) is 8.40. The monoisotopic (exact) mass is 422 g/mol. The van der Waals surface area contributed by atoms with Gasteiger partial charge in [0.1, 0.15) is 5.78 Å². The number of hydrazone groups is 1. The van der Waals surface area contributed by atoms with Crippen molar-refractivity contribution in [2.75, 3.05) is 6.54 Å². The van der Waals surface area contributed by atoms with Crippen LogP contribution in [-0.2, 0) is 14.8 Å². The third kappa shape index (κ3) is 5.51. The van der Waals surface area contributed by atoms with Gasteiger partial charge < -0.3 is 0 Å². The smallest absolute Gasteiger partial charge is 0.279 e. The summed E-state index contributed by atoms with van der Waals surface area (Å²) in [5, 5.41) is 4.12. The number of aryl methyl sites for hydroxylation is 1. The molecule has 5 nitrogen and oxygen atoms in total. The van der Waals surface area contributed by atoms with Crippen molar-refractivity contribution in [1.82, 2.24) is 4.41 Å². The molecule has 0 aliphatic heterocycles. The molecule has 0 bridgehead atoms. The van der Waals surface area contributed by atoms with Crippen LogP contribution in [0.2, 0.25) is 0 Å². The minimum atomic E-state index is -3.82. The van der Waals surface area contributed by atoms with E-state index in [0.717, 1.165) is 20.0 Å². The van der Waals surface area contributed by atoms with E-state index >= 15 is 0 Å². The lowest BCUT2D eigenvalue weighted by atomic mass is 10.2. The Labute approximate surface area is 156 Å². The quantitative estimate of drug-likeness (QED) is 0.503. The van der Waals surface area contributed by atoms with Crippen LogP contribution >= 0.6 is 15.9 Å². The molecule has 0 aromatic heterocycles. The zero-order chi connectivity index (χ0) is 18.4. The van der Waals surface area contributed by atoms with E-state index in [2.05, 4.69) is 21.0 Å². The van der Waals surface area contributed by atoms with Crippen LogP contribution in [0.5, 0.6) is 0 Å². The van der Waals surface area contributed by atoms with Gasteiger partial charge in [-0.1, -0.05) is 45.8 Å². The maximum Gasteiger partial charge on any atom is 0.279 e. The fraction of sp³-hybridized carbons (Fsp3) is 0.222. The molecule has 7 heteroatoms. The van der Waals surface area contributed by atoms with Gasteiger partial charge in [0.2, 0.25) is 0 Å². The van der Waals surface area contributed by atoms with Crippen LogP contribution in [0, 0.1) is 6.92 Å². The van der Waals surface area contributed by atoms with Crippen LogP contribution in [0.15, 0.2) is 63.0 Å². The summed E-state index contributed by atoms with van der Waals surface area (Å²) in [7, 11) is -3.82. The van der Waals surface area contributed by atoms with E-state index in [9.17, 15) is 13.2 Å². The van der Waals surface area contributed by atoms with Gasteiger partial charge in [-0.2, -0.15) is 17.9 Å². The lowest BCUT2D eigenvalue weighted by molar-refractivity contribution is -0.117. The Morgan fingerprint density at radius 1 is 1.12 bits per heavy atom. The van der Waals surface area contributed by atoms with Gasteiger partial charge in [0.05, 0.1) is 17.7 Å². The fourth-order valence-electron chi connectivity index (χ4n) is 2.00. The number of ketones is 1. The van der Waals surface area contributed by atoms with E-state index in [1.807, 2.05) is 31.2 Å². The van der Waals surface area contributed by atoms with Crippen molar-refractivity contribution in [3.05, 3.63) is 64.1 Å². The van der Waals surface area contributed by atoms with E-state index in [4.69, 9.17) is 0 Å². The Morgan fingerprint density at radius 3 is 2.28 bits per heavy atom. The summed E-state index contributed by atoms with van der Waals surface area (Å²) in [5.74, 6) is -0.0945. The van der Waals surface area contributed by atoms with Gasteiger partial charge in [0, 0.05) is 10.9 Å². The molecule has 0 N–H and O–H groups in total. The maximum absolute atomic E-state index is 12.8. The third-order valence-electron chi connectivity index (χ3n) is 3.46. The van der Waals surface area contributed by atoms with E-state index in [1.165, 1.54) is 13.1 Å². The van der Waals surface area contributed by atoms with Gasteiger partial charge in [-0.3, -0.25) is 4.79 Å². The molecule has 0 spiro atoms. The Kier molecular flexibility index (Phi) is 6.50. The highest BCUT2D eigenvalue weighted by atomic mass is 79.9. The number of halogens is 1. The van der Waals surface area contributed by atoms with Crippen molar-refractivity contribution in [1.29, 1.82) is 0 Å². The first-order valence-electron chi connectivity index (χ1n) is 7.67. The largest absolute Gasteiger partial charge is 0.300 e. The molecule has 0 saturated heterocycles. The van der Waals surface area contributed by atoms with Crippen LogP contribution in [-0.4, -0.2) is 31.4 Å². The number of hydrogen-bond donors (Lipinski definition) is 0. The maximum atomic E-state index is 12.8. The normalized spacial score (nSPS) is 11.6. The van der Waals surface area contributed by atoms with E-state index in [1.54, 1.807) is 24.3 Å². The number of carbonyl (C=O) groups is 1. The topological polar surface area (TPSA) is 66.8 Å². The average molecular weight is 423 g/mol. The molecular weight excluding hydrogens is 404 g/mol. The van der Waals surface area contributed by atoms with Gasteiger partial charge in [0.25, 0.3) is 10.0 Å². The van der Waals surface area contributed by atoms with E-state index in [0.29, 0.717) is 0 Å². The molecule has 0 saturated carbocycles. The number of Topliss-reactive ketones (excluding diaryl/α,β-unsaturated/α-hetero) is 1. The molecular formula is C18H19BrN2O3S. The van der Waals surface area contributed by atoms with Crippen molar-refractivity contribution in [2.24, 2.45) is 5.10 Å². The summed E-state index contributed by atoms with van der Waals surface area (Å²) >= 11 is 3.35. The Morgan fingerprint density at radius 2 is 1.72 bits per heavy atom. The Hall–Kier alpha value is -1.99. The Bertz CT molecular complexity index is 860. The molecule has 0 heterocycles. The van der Waals surface area contributed by atoms with Crippen LogP contribution in [0.3, 0.4) is 0 Å². The van der Waals surface area contributed by atoms with Crippen molar-refractivity contribution < 1.29 is 13.2 Å². The summed E-state index contributed by atoms with van der Waals surface area (Å²) in [6, 6.07) is 13.9. The third-order valence-corrected chi connectivity index (χ3v) is 5.69. The number of benzene rings is 2. The molecule has 2 aromatic rings. The minimum absolute atomic E-state index is 0.00142. The zero-order valence-electron chi connectivity index (χ0n) is 14.0. The second-order valence-corrected chi connectivity index (χ2v) is 8.37. The summed E-state index contributed by atoms with van der Waals surface area (Å²) < 4.78 is 27.5. The molecule has 132 valence electrons. The first-order chi connectivity index (χ1) is 11.8. The zero-order valence-corrected chi connectivity index (χ0v) is 16.4. The SMILES string of the molecule is CC(=O)CCN(/N=C/c1ccc(Br)cc1)S(=O)(=O)c1ccc(C)cc1. The molecule has 0 aliphatic rings. The van der Waals surface area contributed by atoms with Crippen LogP contribution in [0.4, 0.5) is 0 Å². The van der Waals surface area contributed by atoms with Gasteiger partial charge in [-0.25, -0.2) is 0 Å². The van der Waals surface area contributed by atoms with Gasteiger partial charge in [0.15, 0.2) is 0 Å². The number of nitrogens with zero attached hydrogens (tertiary/aromatic N) is 2. The van der Waals surface area contributed by atoms with Crippen molar-refractivity contribution in [3.8, 4) is 0 Å². The summed E-state index contributed by atoms with van der Waals surface area (Å²) in [6.45, 7) is 3.31. The first kappa shape index (κ1) is 19.3. The Balaban J connectivity index is 2.32. The van der Waals surface area contributed by atoms with Crippen molar-refractivity contribution >= 4 is 38.0 Å². The summed E-state index contributed by atoms with van der Waals surface area (Å²) in [4.78, 5) is 11.4. The highest BCUT2D eigenvalue weighted by Gasteiger charge is 2.23. The average Bonchev–Trinajstić information content (AvgIpc) is 2.56.